The molecule has 0 spiro atoms. The highest BCUT2D eigenvalue weighted by Gasteiger charge is 2.23. The monoisotopic (exact) mass is 458 g/mol. The van der Waals surface area contributed by atoms with Crippen molar-refractivity contribution in [3.8, 4) is 11.3 Å². The number of esters is 1. The van der Waals surface area contributed by atoms with Crippen molar-refractivity contribution in [1.29, 1.82) is 0 Å². The molecule has 0 atom stereocenters. The number of piperidine rings is 1. The number of aliphatic hydroxyl groups is 1. The van der Waals surface area contributed by atoms with E-state index >= 15 is 0 Å². The van der Waals surface area contributed by atoms with Gasteiger partial charge in [0.15, 0.2) is 5.13 Å². The summed E-state index contributed by atoms with van der Waals surface area (Å²) in [5, 5.41) is 17.6. The van der Waals surface area contributed by atoms with Gasteiger partial charge in [0.1, 0.15) is 16.5 Å². The lowest BCUT2D eigenvalue weighted by molar-refractivity contribution is 0.0531. The maximum atomic E-state index is 12.1. The second-order valence-corrected chi connectivity index (χ2v) is 8.63. The minimum Gasteiger partial charge on any atom is -0.462 e. The van der Waals surface area contributed by atoms with Gasteiger partial charge in [-0.25, -0.2) is 14.8 Å². The molecule has 1 saturated heterocycles. The Morgan fingerprint density at radius 3 is 2.66 bits per heavy atom. The SMILES string of the molecule is CCOC(=O)c1sc(Nc2nc(-c3c(C)noc3C)cc(N3CCC(O)CC3)n2)nc1C. The predicted molar refractivity (Wildman–Crippen MR) is 121 cm³/mol. The number of anilines is 3. The molecule has 0 aliphatic carbocycles. The fourth-order valence-corrected chi connectivity index (χ4v) is 4.51. The van der Waals surface area contributed by atoms with Gasteiger partial charge < -0.3 is 19.3 Å². The minimum atomic E-state index is -0.395. The number of carbonyl (C=O) groups excluding carboxylic acids is 1. The average Bonchev–Trinajstić information content (AvgIpc) is 3.29. The third-order valence-corrected chi connectivity index (χ3v) is 6.32. The second-order valence-electron chi connectivity index (χ2n) is 7.63. The molecule has 3 aromatic heterocycles. The molecular weight excluding hydrogens is 432 g/mol. The van der Waals surface area contributed by atoms with E-state index in [4.69, 9.17) is 9.26 Å². The van der Waals surface area contributed by atoms with Gasteiger partial charge >= 0.3 is 5.97 Å². The van der Waals surface area contributed by atoms with E-state index in [1.807, 2.05) is 19.9 Å². The quantitative estimate of drug-likeness (QED) is 0.531. The summed E-state index contributed by atoms with van der Waals surface area (Å²) in [7, 11) is 0. The molecule has 32 heavy (non-hydrogen) atoms. The molecule has 0 saturated carbocycles. The minimum absolute atomic E-state index is 0.285. The number of rotatable bonds is 6. The maximum absolute atomic E-state index is 12.1. The van der Waals surface area contributed by atoms with Crippen molar-refractivity contribution in [3.63, 3.8) is 0 Å². The molecule has 0 bridgehead atoms. The number of aliphatic hydroxyl groups excluding tert-OH is 1. The number of carbonyl (C=O) groups is 1. The first-order valence-electron chi connectivity index (χ1n) is 10.5. The van der Waals surface area contributed by atoms with Gasteiger partial charge in [0, 0.05) is 19.2 Å². The van der Waals surface area contributed by atoms with Crippen molar-refractivity contribution in [1.82, 2.24) is 20.1 Å². The number of thiazole rings is 1. The summed E-state index contributed by atoms with van der Waals surface area (Å²) < 4.78 is 10.4. The topological polar surface area (TPSA) is 126 Å². The molecule has 0 aromatic carbocycles. The smallest absolute Gasteiger partial charge is 0.350 e. The van der Waals surface area contributed by atoms with Crippen molar-refractivity contribution >= 4 is 34.2 Å². The first-order valence-corrected chi connectivity index (χ1v) is 11.3. The van der Waals surface area contributed by atoms with Crippen molar-refractivity contribution in [2.24, 2.45) is 0 Å². The summed E-state index contributed by atoms with van der Waals surface area (Å²) in [4.78, 5) is 28.5. The first-order chi connectivity index (χ1) is 15.4. The number of aromatic nitrogens is 4. The molecule has 0 radical (unpaired) electrons. The van der Waals surface area contributed by atoms with Crippen molar-refractivity contribution in [3.05, 3.63) is 28.1 Å². The Kier molecular flexibility index (Phi) is 6.38. The average molecular weight is 459 g/mol. The van der Waals surface area contributed by atoms with Gasteiger partial charge in [-0.1, -0.05) is 16.5 Å². The van der Waals surface area contributed by atoms with E-state index in [0.29, 0.717) is 65.6 Å². The Morgan fingerprint density at radius 1 is 1.25 bits per heavy atom. The predicted octanol–water partition coefficient (Wildman–Crippen LogP) is 3.39. The number of aryl methyl sites for hydroxylation is 3. The second kappa shape index (κ2) is 9.21. The molecule has 0 unspecified atom stereocenters. The van der Waals surface area contributed by atoms with Gasteiger partial charge in [-0.05, 0) is 40.5 Å². The largest absolute Gasteiger partial charge is 0.462 e. The molecular formula is C21H26N6O4S. The van der Waals surface area contributed by atoms with Crippen LogP contribution in [0.3, 0.4) is 0 Å². The fourth-order valence-electron chi connectivity index (χ4n) is 3.66. The Morgan fingerprint density at radius 2 is 2.00 bits per heavy atom. The molecule has 10 nitrogen and oxygen atoms in total. The van der Waals surface area contributed by atoms with Crippen LogP contribution in [0.15, 0.2) is 10.6 Å². The summed E-state index contributed by atoms with van der Waals surface area (Å²) in [6, 6.07) is 1.91. The number of ether oxygens (including phenoxy) is 1. The Bertz CT molecular complexity index is 1100. The summed E-state index contributed by atoms with van der Waals surface area (Å²) in [5.74, 6) is 1.37. The van der Waals surface area contributed by atoms with Gasteiger partial charge in [-0.15, -0.1) is 0 Å². The maximum Gasteiger partial charge on any atom is 0.350 e. The number of nitrogens with zero attached hydrogens (tertiary/aromatic N) is 5. The summed E-state index contributed by atoms with van der Waals surface area (Å²) in [6.07, 6.45) is 1.08. The molecule has 2 N–H and O–H groups in total. The molecule has 1 fully saturated rings. The molecule has 0 amide bonds. The Hall–Kier alpha value is -3.05. The molecule has 170 valence electrons. The van der Waals surface area contributed by atoms with Gasteiger partial charge in [0.05, 0.1) is 35.4 Å². The highest BCUT2D eigenvalue weighted by atomic mass is 32.1. The van der Waals surface area contributed by atoms with Gasteiger partial charge in [0.25, 0.3) is 0 Å². The van der Waals surface area contributed by atoms with Crippen LogP contribution >= 0.6 is 11.3 Å². The van der Waals surface area contributed by atoms with E-state index in [9.17, 15) is 9.90 Å². The zero-order chi connectivity index (χ0) is 22.8. The first kappa shape index (κ1) is 22.2. The van der Waals surface area contributed by atoms with E-state index in [1.165, 1.54) is 11.3 Å². The van der Waals surface area contributed by atoms with E-state index < -0.39 is 5.97 Å². The Balaban J connectivity index is 1.70. The highest BCUT2D eigenvalue weighted by Crippen LogP contribution is 2.32. The molecule has 3 aromatic rings. The fraction of sp³-hybridized carbons (Fsp3) is 0.476. The lowest BCUT2D eigenvalue weighted by Crippen LogP contribution is -2.36. The van der Waals surface area contributed by atoms with Crippen LogP contribution in [0.1, 0.15) is 46.6 Å². The normalized spacial score (nSPS) is 14.6. The van der Waals surface area contributed by atoms with E-state index in [1.54, 1.807) is 13.8 Å². The van der Waals surface area contributed by atoms with Crippen LogP contribution in [0, 0.1) is 20.8 Å². The molecule has 11 heteroatoms. The van der Waals surface area contributed by atoms with Crippen molar-refractivity contribution in [2.45, 2.75) is 46.6 Å². The zero-order valence-corrected chi connectivity index (χ0v) is 19.3. The Labute approximate surface area is 189 Å². The van der Waals surface area contributed by atoms with Crippen LogP contribution in [0.25, 0.3) is 11.3 Å². The van der Waals surface area contributed by atoms with E-state index in [2.05, 4.69) is 30.3 Å². The molecule has 4 heterocycles. The highest BCUT2D eigenvalue weighted by molar-refractivity contribution is 7.17. The van der Waals surface area contributed by atoms with Gasteiger partial charge in [0.2, 0.25) is 5.95 Å². The van der Waals surface area contributed by atoms with Crippen LogP contribution < -0.4 is 10.2 Å². The molecule has 1 aliphatic heterocycles. The van der Waals surface area contributed by atoms with E-state index in [-0.39, 0.29) is 6.10 Å². The van der Waals surface area contributed by atoms with Crippen LogP contribution in [-0.4, -0.2) is 57.0 Å². The summed E-state index contributed by atoms with van der Waals surface area (Å²) in [6.45, 7) is 8.94. The molecule has 4 rings (SSSR count). The summed E-state index contributed by atoms with van der Waals surface area (Å²) >= 11 is 1.20. The lowest BCUT2D eigenvalue weighted by atomic mass is 10.1. The third-order valence-electron chi connectivity index (χ3n) is 5.27. The zero-order valence-electron chi connectivity index (χ0n) is 18.5. The van der Waals surface area contributed by atoms with Crippen molar-refractivity contribution < 1.29 is 19.2 Å². The van der Waals surface area contributed by atoms with Crippen LogP contribution in [0.5, 0.6) is 0 Å². The number of hydrogen-bond donors (Lipinski definition) is 2. The number of nitrogens with one attached hydrogen (secondary N) is 1. The third kappa shape index (κ3) is 4.58. The molecule has 1 aliphatic rings. The van der Waals surface area contributed by atoms with E-state index in [0.717, 1.165) is 17.1 Å². The van der Waals surface area contributed by atoms with Crippen LogP contribution in [-0.2, 0) is 4.74 Å². The van der Waals surface area contributed by atoms with Crippen LogP contribution in [0.2, 0.25) is 0 Å². The van der Waals surface area contributed by atoms with Crippen molar-refractivity contribution in [2.75, 3.05) is 29.9 Å². The summed E-state index contributed by atoms with van der Waals surface area (Å²) in [5.41, 5.74) is 2.82. The lowest BCUT2D eigenvalue weighted by Gasteiger charge is -2.30. The standard InChI is InChI=1S/C21H26N6O4S/c1-5-30-19(29)18-12(3)22-21(32-18)25-20-23-15(17-11(2)26-31-13(17)4)10-16(24-20)27-8-6-14(28)7-9-27/h10,14,28H,5-9H2,1-4H3,(H,22,23,24,25). The van der Waals surface area contributed by atoms with Gasteiger partial charge in [-0.3, -0.25) is 5.32 Å². The number of hydrogen-bond acceptors (Lipinski definition) is 11. The van der Waals surface area contributed by atoms with Crippen LogP contribution in [0.4, 0.5) is 16.9 Å². The van der Waals surface area contributed by atoms with Gasteiger partial charge in [-0.2, -0.15) is 4.98 Å².